The summed E-state index contributed by atoms with van der Waals surface area (Å²) >= 11 is 1.88. The number of hydrogen-bond donors (Lipinski definition) is 0. The Morgan fingerprint density at radius 3 is 1.70 bits per heavy atom. The van der Waals surface area contributed by atoms with Crippen molar-refractivity contribution in [2.75, 3.05) is 0 Å². The highest BCUT2D eigenvalue weighted by Crippen LogP contribution is 2.54. The second kappa shape index (κ2) is 9.90. The molecule has 0 bridgehead atoms. The molecule has 2 heterocycles. The number of thiophene rings is 1. The van der Waals surface area contributed by atoms with Crippen molar-refractivity contribution in [3.8, 4) is 32.7 Å². The number of furan rings is 1. The molecule has 0 aliphatic carbocycles. The molecule has 0 saturated heterocycles. The van der Waals surface area contributed by atoms with Crippen LogP contribution in [0.1, 0.15) is 0 Å². The van der Waals surface area contributed by atoms with Crippen molar-refractivity contribution in [2.45, 2.75) is 0 Å². The highest BCUT2D eigenvalue weighted by Gasteiger charge is 2.25. The maximum atomic E-state index is 6.46. The largest absolute Gasteiger partial charge is 0.456 e. The first kappa shape index (κ1) is 25.6. The Kier molecular flexibility index (Phi) is 5.51. The first-order valence-electron chi connectivity index (χ1n) is 15.7. The Balaban J connectivity index is 1.45. The fourth-order valence-corrected chi connectivity index (χ4v) is 8.79. The maximum absolute atomic E-state index is 6.46. The minimum absolute atomic E-state index is 0.921. The average Bonchev–Trinajstić information content (AvgIpc) is 3.69. The first-order valence-corrected chi connectivity index (χ1v) is 16.5. The van der Waals surface area contributed by atoms with Gasteiger partial charge in [-0.2, -0.15) is 0 Å². The van der Waals surface area contributed by atoms with Gasteiger partial charge in [0.1, 0.15) is 11.2 Å². The zero-order valence-electron chi connectivity index (χ0n) is 24.8. The molecule has 2 heteroatoms. The molecule has 214 valence electrons. The summed E-state index contributed by atoms with van der Waals surface area (Å²) in [5.74, 6) is 0. The van der Waals surface area contributed by atoms with Gasteiger partial charge in [-0.25, -0.2) is 0 Å². The third-order valence-electron chi connectivity index (χ3n) is 9.47. The van der Waals surface area contributed by atoms with Crippen LogP contribution >= 0.6 is 11.3 Å². The summed E-state index contributed by atoms with van der Waals surface area (Å²) in [5, 5.41) is 11.2. The van der Waals surface area contributed by atoms with Crippen LogP contribution in [0.5, 0.6) is 0 Å². The standard InChI is InChI=1S/C44H26OS/c1-2-14-28(15-3-1)44-43(42-38(46-44)26-25-37-41(42)35-22-10-11-24-36(35)45-37)40-33-20-8-6-18-31(33)39(32-19-7-9-21-34(32)40)30-23-12-16-27-13-4-5-17-29(27)30/h1-26H. The van der Waals surface area contributed by atoms with E-state index in [9.17, 15) is 0 Å². The van der Waals surface area contributed by atoms with E-state index in [2.05, 4.69) is 158 Å². The molecule has 2 aromatic heterocycles. The van der Waals surface area contributed by atoms with Gasteiger partial charge in [0.15, 0.2) is 0 Å². The van der Waals surface area contributed by atoms with Crippen molar-refractivity contribution in [1.82, 2.24) is 0 Å². The summed E-state index contributed by atoms with van der Waals surface area (Å²) in [5.41, 5.74) is 8.17. The summed E-state index contributed by atoms with van der Waals surface area (Å²) in [4.78, 5) is 1.28. The molecule has 10 rings (SSSR count). The molecule has 0 atom stereocenters. The Morgan fingerprint density at radius 1 is 0.370 bits per heavy atom. The van der Waals surface area contributed by atoms with Crippen molar-refractivity contribution in [3.05, 3.63) is 158 Å². The van der Waals surface area contributed by atoms with E-state index in [1.54, 1.807) is 0 Å². The summed E-state index contributed by atoms with van der Waals surface area (Å²) in [6.45, 7) is 0. The number of hydrogen-bond acceptors (Lipinski definition) is 2. The molecule has 0 aliphatic heterocycles. The predicted octanol–water partition coefficient (Wildman–Crippen LogP) is 13.3. The number of fused-ring (bicyclic) bond motifs is 8. The molecule has 8 aromatic carbocycles. The molecule has 0 aliphatic rings. The Hall–Kier alpha value is -5.70. The van der Waals surface area contributed by atoms with Gasteiger partial charge < -0.3 is 4.42 Å². The fourth-order valence-electron chi connectivity index (χ4n) is 7.57. The van der Waals surface area contributed by atoms with Gasteiger partial charge in [0, 0.05) is 31.3 Å². The Morgan fingerprint density at radius 2 is 0.957 bits per heavy atom. The van der Waals surface area contributed by atoms with E-state index >= 15 is 0 Å². The van der Waals surface area contributed by atoms with Crippen LogP contribution in [-0.4, -0.2) is 0 Å². The minimum Gasteiger partial charge on any atom is -0.456 e. The van der Waals surface area contributed by atoms with E-state index in [1.165, 1.54) is 80.5 Å². The number of para-hydroxylation sites is 1. The minimum atomic E-state index is 0.921. The molecule has 0 fully saturated rings. The van der Waals surface area contributed by atoms with Crippen LogP contribution in [0.3, 0.4) is 0 Å². The van der Waals surface area contributed by atoms with Crippen LogP contribution in [-0.2, 0) is 0 Å². The lowest BCUT2D eigenvalue weighted by Crippen LogP contribution is -1.92. The van der Waals surface area contributed by atoms with E-state index in [0.29, 0.717) is 0 Å². The molecule has 0 saturated carbocycles. The zero-order chi connectivity index (χ0) is 30.2. The molecule has 46 heavy (non-hydrogen) atoms. The van der Waals surface area contributed by atoms with E-state index < -0.39 is 0 Å². The second-order valence-electron chi connectivity index (χ2n) is 12.0. The van der Waals surface area contributed by atoms with Crippen LogP contribution < -0.4 is 0 Å². The molecule has 0 N–H and O–H groups in total. The zero-order valence-corrected chi connectivity index (χ0v) is 25.6. The van der Waals surface area contributed by atoms with Crippen molar-refractivity contribution >= 4 is 75.7 Å². The quantitative estimate of drug-likeness (QED) is 0.183. The van der Waals surface area contributed by atoms with Gasteiger partial charge in [0.2, 0.25) is 0 Å². The van der Waals surface area contributed by atoms with Crippen LogP contribution in [0.25, 0.3) is 97.0 Å². The molecule has 10 aromatic rings. The van der Waals surface area contributed by atoms with E-state index in [-0.39, 0.29) is 0 Å². The summed E-state index contributed by atoms with van der Waals surface area (Å²) in [6, 6.07) is 57.1. The fraction of sp³-hybridized carbons (Fsp3) is 0. The molecular weight excluding hydrogens is 577 g/mol. The molecule has 1 nitrogen and oxygen atoms in total. The lowest BCUT2D eigenvalue weighted by atomic mass is 9.83. The SMILES string of the molecule is c1ccc(-c2sc3ccc4oc5ccccc5c4c3c2-c2c3ccccc3c(-c3cccc4ccccc34)c3ccccc23)cc1. The molecular formula is C44H26OS. The summed E-state index contributed by atoms with van der Waals surface area (Å²) < 4.78 is 7.73. The molecule has 0 radical (unpaired) electrons. The number of benzene rings is 8. The van der Waals surface area contributed by atoms with Crippen molar-refractivity contribution < 1.29 is 4.42 Å². The second-order valence-corrected chi connectivity index (χ2v) is 13.0. The smallest absolute Gasteiger partial charge is 0.136 e. The Bertz CT molecular complexity index is 2740. The monoisotopic (exact) mass is 602 g/mol. The average molecular weight is 603 g/mol. The van der Waals surface area contributed by atoms with Gasteiger partial charge >= 0.3 is 0 Å². The predicted molar refractivity (Wildman–Crippen MR) is 198 cm³/mol. The summed E-state index contributed by atoms with van der Waals surface area (Å²) in [7, 11) is 0. The lowest BCUT2D eigenvalue weighted by molar-refractivity contribution is 0.669. The maximum Gasteiger partial charge on any atom is 0.136 e. The van der Waals surface area contributed by atoms with Crippen LogP contribution in [0.4, 0.5) is 0 Å². The van der Waals surface area contributed by atoms with Crippen molar-refractivity contribution in [3.63, 3.8) is 0 Å². The first-order chi connectivity index (χ1) is 22.8. The number of rotatable bonds is 3. The van der Waals surface area contributed by atoms with Gasteiger partial charge in [-0.1, -0.05) is 140 Å². The van der Waals surface area contributed by atoms with Crippen molar-refractivity contribution in [2.24, 2.45) is 0 Å². The van der Waals surface area contributed by atoms with E-state index in [1.807, 2.05) is 11.3 Å². The van der Waals surface area contributed by atoms with Gasteiger partial charge in [0.25, 0.3) is 0 Å². The van der Waals surface area contributed by atoms with E-state index in [0.717, 1.165) is 16.6 Å². The Labute approximate surface area is 269 Å². The van der Waals surface area contributed by atoms with Crippen molar-refractivity contribution in [1.29, 1.82) is 0 Å². The van der Waals surface area contributed by atoms with E-state index in [4.69, 9.17) is 4.42 Å². The molecule has 0 unspecified atom stereocenters. The van der Waals surface area contributed by atoms with Gasteiger partial charge in [-0.05, 0) is 72.8 Å². The normalized spacial score (nSPS) is 11.9. The van der Waals surface area contributed by atoms with Crippen LogP contribution in [0.2, 0.25) is 0 Å². The topological polar surface area (TPSA) is 13.1 Å². The van der Waals surface area contributed by atoms with Gasteiger partial charge in [-0.3, -0.25) is 0 Å². The lowest BCUT2D eigenvalue weighted by Gasteiger charge is -2.19. The van der Waals surface area contributed by atoms with Gasteiger partial charge in [0.05, 0.1) is 0 Å². The third-order valence-corrected chi connectivity index (χ3v) is 10.7. The summed E-state index contributed by atoms with van der Waals surface area (Å²) in [6.07, 6.45) is 0. The van der Waals surface area contributed by atoms with Gasteiger partial charge in [-0.15, -0.1) is 11.3 Å². The van der Waals surface area contributed by atoms with Crippen LogP contribution in [0, 0.1) is 0 Å². The molecule has 0 amide bonds. The highest BCUT2D eigenvalue weighted by molar-refractivity contribution is 7.23. The third kappa shape index (κ3) is 3.62. The molecule has 0 spiro atoms. The van der Waals surface area contributed by atoms with Crippen LogP contribution in [0.15, 0.2) is 162 Å². The highest BCUT2D eigenvalue weighted by atomic mass is 32.1.